The third kappa shape index (κ3) is 2.90. The van der Waals surface area contributed by atoms with E-state index >= 15 is 0 Å². The van der Waals surface area contributed by atoms with Crippen molar-refractivity contribution in [2.75, 3.05) is 11.5 Å². The number of nitrogens with two attached hydrogens (primary N) is 2. The van der Waals surface area contributed by atoms with Gasteiger partial charge in [-0.2, -0.15) is 4.98 Å². The van der Waals surface area contributed by atoms with E-state index in [1.165, 1.54) is 0 Å². The minimum atomic E-state index is 0.184. The van der Waals surface area contributed by atoms with Gasteiger partial charge in [0.05, 0.1) is 15.9 Å². The van der Waals surface area contributed by atoms with Gasteiger partial charge in [0, 0.05) is 5.69 Å². The third-order valence-electron chi connectivity index (χ3n) is 3.95. The van der Waals surface area contributed by atoms with Crippen LogP contribution in [0.25, 0.3) is 22.6 Å². The van der Waals surface area contributed by atoms with Crippen LogP contribution in [-0.4, -0.2) is 29.9 Å². The van der Waals surface area contributed by atoms with Crippen LogP contribution in [0.15, 0.2) is 30.3 Å². The Morgan fingerprint density at radius 2 is 2.00 bits per heavy atom. The fraction of sp³-hybridized carbons (Fsp3) is 0.125. The number of halogens is 1. The highest BCUT2D eigenvalue weighted by molar-refractivity contribution is 14.1. The quantitative estimate of drug-likeness (QED) is 0.328. The number of benzene rings is 1. The summed E-state index contributed by atoms with van der Waals surface area (Å²) in [5.74, 6) is 0.184. The van der Waals surface area contributed by atoms with Crippen LogP contribution < -0.4 is 11.5 Å². The number of aryl methyl sites for hydroxylation is 1. The molecule has 0 aliphatic rings. The van der Waals surface area contributed by atoms with Crippen molar-refractivity contribution in [2.24, 2.45) is 0 Å². The monoisotopic (exact) mass is 446 g/mol. The van der Waals surface area contributed by atoms with E-state index in [0.29, 0.717) is 23.4 Å². The van der Waals surface area contributed by atoms with Gasteiger partial charge in [0.2, 0.25) is 5.95 Å². The predicted molar refractivity (Wildman–Crippen MR) is 105 cm³/mol. The zero-order chi connectivity index (χ0) is 17.6. The zero-order valence-electron chi connectivity index (χ0n) is 13.4. The molecule has 126 valence electrons. The Kier molecular flexibility index (Phi) is 3.79. The first-order valence-corrected chi connectivity index (χ1v) is 8.66. The lowest BCUT2D eigenvalue weighted by Crippen LogP contribution is -2.05. The number of hydrogen-bond acceptors (Lipinski definition) is 6. The molecule has 0 radical (unpaired) electrons. The van der Waals surface area contributed by atoms with Crippen molar-refractivity contribution in [1.82, 2.24) is 29.9 Å². The largest absolute Gasteiger partial charge is 0.399 e. The van der Waals surface area contributed by atoms with E-state index in [9.17, 15) is 0 Å². The van der Waals surface area contributed by atoms with E-state index in [-0.39, 0.29) is 5.95 Å². The molecule has 4 rings (SSSR count). The molecule has 0 bridgehead atoms. The van der Waals surface area contributed by atoms with Crippen molar-refractivity contribution < 1.29 is 0 Å². The van der Waals surface area contributed by atoms with Gasteiger partial charge >= 0.3 is 0 Å². The lowest BCUT2D eigenvalue weighted by Gasteiger charge is -2.06. The standard InChI is InChI=1S/C16H15IN8/c1-8-6-9(2-3-10(8)18)7-25-15-14(23-24-25)13(21-16(19)22-15)11-4-5-12(17)20-11/h2-6,20H,7,18H2,1H3,(H2,19,21,22). The van der Waals surface area contributed by atoms with Crippen LogP contribution >= 0.6 is 22.6 Å². The number of hydrogen-bond donors (Lipinski definition) is 3. The highest BCUT2D eigenvalue weighted by Gasteiger charge is 2.16. The van der Waals surface area contributed by atoms with Gasteiger partial charge in [-0.25, -0.2) is 9.67 Å². The molecule has 0 aliphatic carbocycles. The maximum atomic E-state index is 5.91. The fourth-order valence-corrected chi connectivity index (χ4v) is 3.15. The smallest absolute Gasteiger partial charge is 0.222 e. The molecule has 5 N–H and O–H groups in total. The van der Waals surface area contributed by atoms with Crippen molar-refractivity contribution in [3.05, 3.63) is 45.2 Å². The molecule has 0 aliphatic heterocycles. The Hall–Kier alpha value is -2.69. The number of H-pyrrole nitrogens is 1. The number of nitrogen functional groups attached to an aromatic ring is 2. The molecule has 1 aromatic carbocycles. The summed E-state index contributed by atoms with van der Waals surface area (Å²) in [5, 5.41) is 8.51. The number of fused-ring (bicyclic) bond motifs is 1. The number of rotatable bonds is 3. The average Bonchev–Trinajstić information content (AvgIpc) is 3.17. The second kappa shape index (κ2) is 5.99. The Balaban J connectivity index is 1.81. The summed E-state index contributed by atoms with van der Waals surface area (Å²) in [4.78, 5) is 11.9. The van der Waals surface area contributed by atoms with Crippen molar-refractivity contribution in [1.29, 1.82) is 0 Å². The number of aromatic nitrogens is 6. The Labute approximate surface area is 156 Å². The molecule has 0 atom stereocenters. The highest BCUT2D eigenvalue weighted by atomic mass is 127. The van der Waals surface area contributed by atoms with Gasteiger partial charge in [-0.1, -0.05) is 17.3 Å². The number of nitrogens with one attached hydrogen (secondary N) is 1. The molecule has 0 amide bonds. The van der Waals surface area contributed by atoms with Crippen molar-refractivity contribution in [2.45, 2.75) is 13.5 Å². The van der Waals surface area contributed by atoms with Crippen LogP contribution in [0.4, 0.5) is 11.6 Å². The first kappa shape index (κ1) is 15.8. The van der Waals surface area contributed by atoms with Crippen LogP contribution in [0.3, 0.4) is 0 Å². The van der Waals surface area contributed by atoms with Gasteiger partial charge in [0.25, 0.3) is 0 Å². The van der Waals surface area contributed by atoms with Gasteiger partial charge in [-0.15, -0.1) is 5.10 Å². The second-order valence-electron chi connectivity index (χ2n) is 5.76. The highest BCUT2D eigenvalue weighted by Crippen LogP contribution is 2.25. The van der Waals surface area contributed by atoms with E-state index in [4.69, 9.17) is 11.5 Å². The van der Waals surface area contributed by atoms with Gasteiger partial charge < -0.3 is 16.5 Å². The molecule has 3 heterocycles. The molecular formula is C16H15IN8. The van der Waals surface area contributed by atoms with E-state index in [1.54, 1.807) is 4.68 Å². The molecule has 0 saturated heterocycles. The molecule has 9 heteroatoms. The summed E-state index contributed by atoms with van der Waals surface area (Å²) < 4.78 is 2.72. The molecule has 0 unspecified atom stereocenters. The van der Waals surface area contributed by atoms with Crippen LogP contribution in [0.2, 0.25) is 0 Å². The molecule has 8 nitrogen and oxygen atoms in total. The fourth-order valence-electron chi connectivity index (χ4n) is 2.68. The van der Waals surface area contributed by atoms with Crippen molar-refractivity contribution >= 4 is 45.4 Å². The summed E-state index contributed by atoms with van der Waals surface area (Å²) >= 11 is 2.20. The SMILES string of the molecule is Cc1cc(Cn2nnc3c(-c4ccc(I)[nH]4)nc(N)nc32)ccc1N. The van der Waals surface area contributed by atoms with E-state index in [1.807, 2.05) is 37.3 Å². The molecule has 0 spiro atoms. The summed E-state index contributed by atoms with van der Waals surface area (Å²) in [7, 11) is 0. The average molecular weight is 446 g/mol. The minimum Gasteiger partial charge on any atom is -0.399 e. The number of anilines is 2. The summed E-state index contributed by atoms with van der Waals surface area (Å²) in [6.45, 7) is 2.50. The summed E-state index contributed by atoms with van der Waals surface area (Å²) in [6.07, 6.45) is 0. The van der Waals surface area contributed by atoms with Crippen molar-refractivity contribution in [3.63, 3.8) is 0 Å². The van der Waals surface area contributed by atoms with E-state index < -0.39 is 0 Å². The topological polar surface area (TPSA) is 124 Å². The van der Waals surface area contributed by atoms with Crippen LogP contribution in [0.5, 0.6) is 0 Å². The van der Waals surface area contributed by atoms with E-state index in [2.05, 4.69) is 47.9 Å². The maximum absolute atomic E-state index is 5.91. The van der Waals surface area contributed by atoms with Crippen LogP contribution in [0, 0.1) is 10.6 Å². The Morgan fingerprint density at radius 1 is 1.16 bits per heavy atom. The molecule has 0 fully saturated rings. The number of nitrogens with zero attached hydrogens (tertiary/aromatic N) is 5. The zero-order valence-corrected chi connectivity index (χ0v) is 15.5. The maximum Gasteiger partial charge on any atom is 0.222 e. The first-order chi connectivity index (χ1) is 12.0. The molecule has 4 aromatic rings. The first-order valence-electron chi connectivity index (χ1n) is 7.58. The predicted octanol–water partition coefficient (Wildman–Crippen LogP) is 2.34. The van der Waals surface area contributed by atoms with E-state index in [0.717, 1.165) is 26.2 Å². The van der Waals surface area contributed by atoms with Gasteiger partial charge in [0.15, 0.2) is 11.2 Å². The molecular weight excluding hydrogens is 431 g/mol. The Morgan fingerprint density at radius 3 is 2.72 bits per heavy atom. The Bertz CT molecular complexity index is 1080. The van der Waals surface area contributed by atoms with Gasteiger partial charge in [0.1, 0.15) is 5.69 Å². The minimum absolute atomic E-state index is 0.184. The summed E-state index contributed by atoms with van der Waals surface area (Å²) in [5.41, 5.74) is 17.3. The normalized spacial score (nSPS) is 11.3. The van der Waals surface area contributed by atoms with Gasteiger partial charge in [-0.3, -0.25) is 0 Å². The lowest BCUT2D eigenvalue weighted by atomic mass is 10.1. The van der Waals surface area contributed by atoms with Crippen LogP contribution in [0.1, 0.15) is 11.1 Å². The molecule has 3 aromatic heterocycles. The van der Waals surface area contributed by atoms with Crippen molar-refractivity contribution in [3.8, 4) is 11.4 Å². The lowest BCUT2D eigenvalue weighted by molar-refractivity contribution is 0.664. The summed E-state index contributed by atoms with van der Waals surface area (Å²) in [6, 6.07) is 9.78. The molecule has 25 heavy (non-hydrogen) atoms. The second-order valence-corrected chi connectivity index (χ2v) is 6.92. The van der Waals surface area contributed by atoms with Crippen LogP contribution in [-0.2, 0) is 6.54 Å². The van der Waals surface area contributed by atoms with Gasteiger partial charge in [-0.05, 0) is 58.8 Å². The molecule has 0 saturated carbocycles. The third-order valence-corrected chi connectivity index (χ3v) is 4.58. The number of aromatic amines is 1.